The number of rotatable bonds is 8. The number of amides is 4. The molecule has 4 rings (SSSR count). The van der Waals surface area contributed by atoms with E-state index in [1.165, 1.54) is 17.0 Å². The summed E-state index contributed by atoms with van der Waals surface area (Å²) in [6.07, 6.45) is -3.91. The van der Waals surface area contributed by atoms with Crippen molar-refractivity contribution < 1.29 is 32.3 Å². The highest BCUT2D eigenvalue weighted by Gasteiger charge is 2.38. The molecule has 1 heterocycles. The second kappa shape index (κ2) is 12.6. The Bertz CT molecular complexity index is 1460. The van der Waals surface area contributed by atoms with E-state index in [-0.39, 0.29) is 17.9 Å². The van der Waals surface area contributed by atoms with Gasteiger partial charge in [0.25, 0.3) is 0 Å². The first-order valence-corrected chi connectivity index (χ1v) is 13.0. The number of urea groups is 2. The zero-order valence-corrected chi connectivity index (χ0v) is 22.4. The summed E-state index contributed by atoms with van der Waals surface area (Å²) in [6, 6.07) is 17.7. The molecule has 1 aliphatic rings. The number of ether oxygens (including phenoxy) is 1. The van der Waals surface area contributed by atoms with Crippen LogP contribution in [0, 0.1) is 0 Å². The molecule has 0 spiro atoms. The van der Waals surface area contributed by atoms with Gasteiger partial charge in [-0.15, -0.1) is 0 Å². The smallest absolute Gasteiger partial charge is 0.416 e. The number of nitrogens with one attached hydrogen (secondary N) is 3. The number of alkyl halides is 3. The van der Waals surface area contributed by atoms with Gasteiger partial charge in [0.1, 0.15) is 0 Å². The average molecular weight is 567 g/mol. The number of esters is 1. The summed E-state index contributed by atoms with van der Waals surface area (Å²) in [7, 11) is 0. The minimum atomic E-state index is -4.55. The van der Waals surface area contributed by atoms with Crippen molar-refractivity contribution in [3.63, 3.8) is 0 Å². The topological polar surface area (TPSA) is 99.8 Å². The third-order valence-electron chi connectivity index (χ3n) is 6.24. The van der Waals surface area contributed by atoms with E-state index in [0.717, 1.165) is 12.1 Å². The quantitative estimate of drug-likeness (QED) is 0.261. The molecule has 3 aromatic rings. The predicted octanol–water partition coefficient (Wildman–Crippen LogP) is 6.80. The molecule has 3 N–H and O–H groups in total. The first-order chi connectivity index (χ1) is 19.6. The molecule has 0 saturated carbocycles. The maximum Gasteiger partial charge on any atom is 0.416 e. The van der Waals surface area contributed by atoms with Crippen LogP contribution in [0.1, 0.15) is 43.0 Å². The van der Waals surface area contributed by atoms with Gasteiger partial charge >= 0.3 is 24.2 Å². The van der Waals surface area contributed by atoms with Crippen LogP contribution in [0.4, 0.5) is 34.1 Å². The molecule has 1 aliphatic heterocycles. The number of anilines is 2. The monoisotopic (exact) mass is 566 g/mol. The van der Waals surface area contributed by atoms with E-state index >= 15 is 0 Å². The molecule has 1 atom stereocenters. The summed E-state index contributed by atoms with van der Waals surface area (Å²) in [6.45, 7) is 4.10. The number of hydrogen-bond acceptors (Lipinski definition) is 4. The third kappa shape index (κ3) is 6.86. The number of nitrogens with zero attached hydrogens (tertiary/aromatic N) is 1. The molecular weight excluding hydrogens is 537 g/mol. The molecule has 1 unspecified atom stereocenters. The normalized spacial score (nSPS) is 15.3. The molecule has 3 aromatic carbocycles. The molecule has 0 aromatic heterocycles. The van der Waals surface area contributed by atoms with Gasteiger partial charge in [-0.3, -0.25) is 4.90 Å². The molecule has 11 heteroatoms. The molecule has 8 nitrogen and oxygen atoms in total. The van der Waals surface area contributed by atoms with E-state index in [4.69, 9.17) is 4.74 Å². The Morgan fingerprint density at radius 3 is 2.22 bits per heavy atom. The highest BCUT2D eigenvalue weighted by molar-refractivity contribution is 6.05. The Hall–Kier alpha value is -4.80. The van der Waals surface area contributed by atoms with Crippen molar-refractivity contribution in [1.29, 1.82) is 0 Å². The van der Waals surface area contributed by atoms with E-state index in [1.807, 2.05) is 37.3 Å². The van der Waals surface area contributed by atoms with E-state index < -0.39 is 35.8 Å². The van der Waals surface area contributed by atoms with Gasteiger partial charge in [0, 0.05) is 17.9 Å². The van der Waals surface area contributed by atoms with Crippen molar-refractivity contribution in [2.45, 2.75) is 32.5 Å². The lowest BCUT2D eigenvalue weighted by Gasteiger charge is -2.37. The Morgan fingerprint density at radius 1 is 0.927 bits per heavy atom. The van der Waals surface area contributed by atoms with Crippen LogP contribution in [0.3, 0.4) is 0 Å². The SMILES string of the molecule is CCCN1C(=O)NC(c2cccc(NC(=O)Nc3cccc(C(F)(F)F)c3)c2)C(C(=O)OCC)=C1c1ccccc1. The molecule has 0 aliphatic carbocycles. The summed E-state index contributed by atoms with van der Waals surface area (Å²) in [5.74, 6) is -0.599. The number of hydrogen-bond donors (Lipinski definition) is 3. The molecule has 0 bridgehead atoms. The minimum absolute atomic E-state index is 0.0379. The first kappa shape index (κ1) is 29.2. The summed E-state index contributed by atoms with van der Waals surface area (Å²) < 4.78 is 44.5. The van der Waals surface area contributed by atoms with Crippen LogP contribution in [0.15, 0.2) is 84.4 Å². The highest BCUT2D eigenvalue weighted by atomic mass is 19.4. The maximum absolute atomic E-state index is 13.4. The molecule has 0 radical (unpaired) electrons. The fourth-order valence-electron chi connectivity index (χ4n) is 4.54. The zero-order valence-electron chi connectivity index (χ0n) is 22.4. The number of carbonyl (C=O) groups excluding carboxylic acids is 3. The van der Waals surface area contributed by atoms with Crippen molar-refractivity contribution in [1.82, 2.24) is 10.2 Å². The van der Waals surface area contributed by atoms with Crippen molar-refractivity contribution in [2.24, 2.45) is 0 Å². The second-order valence-corrected chi connectivity index (χ2v) is 9.17. The first-order valence-electron chi connectivity index (χ1n) is 13.0. The van der Waals surface area contributed by atoms with Crippen LogP contribution in [-0.2, 0) is 15.7 Å². The van der Waals surface area contributed by atoms with E-state index in [1.54, 1.807) is 31.2 Å². The lowest BCUT2D eigenvalue weighted by Crippen LogP contribution is -2.48. The van der Waals surface area contributed by atoms with Crippen LogP contribution in [0.25, 0.3) is 5.70 Å². The zero-order chi connectivity index (χ0) is 29.6. The van der Waals surface area contributed by atoms with E-state index in [0.29, 0.717) is 35.5 Å². The fraction of sp³-hybridized carbons (Fsp3) is 0.233. The Morgan fingerprint density at radius 2 is 1.59 bits per heavy atom. The third-order valence-corrected chi connectivity index (χ3v) is 6.24. The van der Waals surface area contributed by atoms with Gasteiger partial charge in [-0.2, -0.15) is 13.2 Å². The Labute approximate surface area is 235 Å². The number of carbonyl (C=O) groups is 3. The number of halogens is 3. The molecule has 214 valence electrons. The molecule has 0 fully saturated rings. The van der Waals surface area contributed by atoms with Gasteiger partial charge in [0.2, 0.25) is 0 Å². The van der Waals surface area contributed by atoms with E-state index in [2.05, 4.69) is 16.0 Å². The Balaban J connectivity index is 1.68. The molecule has 41 heavy (non-hydrogen) atoms. The summed E-state index contributed by atoms with van der Waals surface area (Å²) in [5, 5.41) is 7.88. The van der Waals surface area contributed by atoms with Crippen molar-refractivity contribution >= 4 is 35.1 Å². The van der Waals surface area contributed by atoms with E-state index in [9.17, 15) is 27.6 Å². The van der Waals surface area contributed by atoms with Crippen LogP contribution >= 0.6 is 0 Å². The second-order valence-electron chi connectivity index (χ2n) is 9.17. The van der Waals surface area contributed by atoms with Crippen LogP contribution in [-0.4, -0.2) is 36.1 Å². The molecule has 0 saturated heterocycles. The highest BCUT2D eigenvalue weighted by Crippen LogP contribution is 2.37. The summed E-state index contributed by atoms with van der Waals surface area (Å²) in [5.41, 5.74) is 1.18. The van der Waals surface area contributed by atoms with Gasteiger partial charge in [-0.25, -0.2) is 14.4 Å². The average Bonchev–Trinajstić information content (AvgIpc) is 2.94. The van der Waals surface area contributed by atoms with Crippen LogP contribution in [0.5, 0.6) is 0 Å². The summed E-state index contributed by atoms with van der Waals surface area (Å²) >= 11 is 0. The molecule has 4 amide bonds. The van der Waals surface area contributed by atoms with Crippen molar-refractivity contribution in [3.8, 4) is 0 Å². The number of benzene rings is 3. The fourth-order valence-corrected chi connectivity index (χ4v) is 4.54. The predicted molar refractivity (Wildman–Crippen MR) is 149 cm³/mol. The molecular formula is C30H29F3N4O4. The lowest BCUT2D eigenvalue weighted by molar-refractivity contribution is -0.139. The van der Waals surface area contributed by atoms with Crippen LogP contribution in [0.2, 0.25) is 0 Å². The summed E-state index contributed by atoms with van der Waals surface area (Å²) in [4.78, 5) is 40.8. The van der Waals surface area contributed by atoms with Gasteiger partial charge in [0.05, 0.1) is 29.5 Å². The minimum Gasteiger partial charge on any atom is -0.463 e. The maximum atomic E-state index is 13.4. The largest absolute Gasteiger partial charge is 0.463 e. The van der Waals surface area contributed by atoms with Gasteiger partial charge in [0.15, 0.2) is 0 Å². The van der Waals surface area contributed by atoms with Crippen molar-refractivity contribution in [3.05, 3.63) is 101 Å². The van der Waals surface area contributed by atoms with Crippen LogP contribution < -0.4 is 16.0 Å². The van der Waals surface area contributed by atoms with Gasteiger partial charge < -0.3 is 20.7 Å². The van der Waals surface area contributed by atoms with Gasteiger partial charge in [-0.05, 0) is 54.8 Å². The van der Waals surface area contributed by atoms with Gasteiger partial charge in [-0.1, -0.05) is 55.5 Å². The standard InChI is InChI=1S/C30H29F3N4O4/c1-3-16-37-26(19-10-6-5-7-11-19)24(27(38)41-4-2)25(36-29(37)40)20-12-8-14-22(17-20)34-28(39)35-23-15-9-13-21(18-23)30(31,32)33/h5-15,17-18,25H,3-4,16H2,1-2H3,(H,36,40)(H2,34,35,39). The lowest BCUT2D eigenvalue weighted by atomic mass is 9.91. The van der Waals surface area contributed by atoms with Crippen molar-refractivity contribution in [2.75, 3.05) is 23.8 Å². The Kier molecular flexibility index (Phi) is 8.96.